The molecule has 1 fully saturated rings. The van der Waals surface area contributed by atoms with Crippen LogP contribution in [0.3, 0.4) is 0 Å². The zero-order valence-corrected chi connectivity index (χ0v) is 7.61. The van der Waals surface area contributed by atoms with Gasteiger partial charge >= 0.3 is 0 Å². The fourth-order valence-electron chi connectivity index (χ4n) is 2.67. The molecule has 13 heavy (non-hydrogen) atoms. The van der Waals surface area contributed by atoms with Gasteiger partial charge in [-0.2, -0.15) is 0 Å². The van der Waals surface area contributed by atoms with Crippen LogP contribution in [-0.2, 0) is 0 Å². The molecule has 2 heteroatoms. The van der Waals surface area contributed by atoms with Gasteiger partial charge in [0.25, 0.3) is 0 Å². The maximum atomic E-state index is 6.06. The first kappa shape index (κ1) is 7.39. The molecule has 2 N–H and O–H groups in total. The molecule has 0 aromatic heterocycles. The number of anilines is 1. The highest BCUT2D eigenvalue weighted by atomic mass is 15.2. The third-order valence-corrected chi connectivity index (χ3v) is 3.33. The first-order valence-corrected chi connectivity index (χ1v) is 4.97. The van der Waals surface area contributed by atoms with Gasteiger partial charge in [0, 0.05) is 12.2 Å². The molecule has 2 atom stereocenters. The lowest BCUT2D eigenvalue weighted by Gasteiger charge is -2.46. The average molecular weight is 174 g/mol. The van der Waals surface area contributed by atoms with Gasteiger partial charge in [0.2, 0.25) is 0 Å². The van der Waals surface area contributed by atoms with E-state index in [-0.39, 0.29) is 6.17 Å². The van der Waals surface area contributed by atoms with Crippen molar-refractivity contribution >= 4 is 5.69 Å². The highest BCUT2D eigenvalue weighted by molar-refractivity contribution is 5.59. The van der Waals surface area contributed by atoms with E-state index in [2.05, 4.69) is 29.2 Å². The summed E-state index contributed by atoms with van der Waals surface area (Å²) in [6.07, 6.45) is 2.68. The highest BCUT2D eigenvalue weighted by Crippen LogP contribution is 2.43. The van der Waals surface area contributed by atoms with Crippen LogP contribution in [0.15, 0.2) is 24.3 Å². The van der Waals surface area contributed by atoms with Gasteiger partial charge in [0.05, 0.1) is 6.17 Å². The Morgan fingerprint density at radius 2 is 2.15 bits per heavy atom. The summed E-state index contributed by atoms with van der Waals surface area (Å²) in [4.78, 5) is 2.34. The predicted molar refractivity (Wildman–Crippen MR) is 53.7 cm³/mol. The normalized spacial score (nSPS) is 30.4. The second-order valence-electron chi connectivity index (χ2n) is 4.04. The lowest BCUT2D eigenvalue weighted by atomic mass is 9.81. The third-order valence-electron chi connectivity index (χ3n) is 3.33. The molecule has 3 heterocycles. The molecule has 3 aliphatic heterocycles. The minimum atomic E-state index is 0.258. The summed E-state index contributed by atoms with van der Waals surface area (Å²) in [7, 11) is 0. The van der Waals surface area contributed by atoms with E-state index < -0.39 is 0 Å². The Bertz CT molecular complexity index is 335. The summed E-state index contributed by atoms with van der Waals surface area (Å²) in [6, 6.07) is 8.68. The molecular weight excluding hydrogens is 160 g/mol. The predicted octanol–water partition coefficient (Wildman–Crippen LogP) is 1.67. The van der Waals surface area contributed by atoms with E-state index in [0.717, 1.165) is 18.9 Å². The summed E-state index contributed by atoms with van der Waals surface area (Å²) in [5.41, 5.74) is 8.94. The van der Waals surface area contributed by atoms with E-state index in [9.17, 15) is 0 Å². The molecule has 1 aromatic carbocycles. The van der Waals surface area contributed by atoms with Crippen LogP contribution < -0.4 is 10.6 Å². The van der Waals surface area contributed by atoms with Crippen molar-refractivity contribution in [3.63, 3.8) is 0 Å². The summed E-state index contributed by atoms with van der Waals surface area (Å²) < 4.78 is 0. The van der Waals surface area contributed by atoms with Crippen LogP contribution in [-0.4, -0.2) is 12.7 Å². The first-order valence-electron chi connectivity index (χ1n) is 4.97. The maximum Gasteiger partial charge on any atom is 0.0776 e. The lowest BCUT2D eigenvalue weighted by molar-refractivity contribution is 0.393. The molecule has 2 nitrogen and oxygen atoms in total. The van der Waals surface area contributed by atoms with Crippen molar-refractivity contribution < 1.29 is 0 Å². The van der Waals surface area contributed by atoms with Crippen LogP contribution in [0.2, 0.25) is 0 Å². The van der Waals surface area contributed by atoms with E-state index >= 15 is 0 Å². The van der Waals surface area contributed by atoms with E-state index in [1.54, 1.807) is 0 Å². The van der Waals surface area contributed by atoms with Crippen LogP contribution in [0, 0.1) is 0 Å². The molecule has 2 unspecified atom stereocenters. The minimum absolute atomic E-state index is 0.258. The zero-order chi connectivity index (χ0) is 8.84. The molecular formula is C11H14N2. The smallest absolute Gasteiger partial charge is 0.0776 e. The molecule has 0 amide bonds. The second kappa shape index (κ2) is 2.48. The number of hydrogen-bond donors (Lipinski definition) is 1. The molecule has 0 radical (unpaired) electrons. The van der Waals surface area contributed by atoms with Gasteiger partial charge in [-0.15, -0.1) is 0 Å². The maximum absolute atomic E-state index is 6.06. The Balaban J connectivity index is 2.16. The quantitative estimate of drug-likeness (QED) is 0.648. The molecule has 1 saturated heterocycles. The van der Waals surface area contributed by atoms with E-state index in [1.807, 2.05) is 0 Å². The van der Waals surface area contributed by atoms with Gasteiger partial charge in [-0.05, 0) is 30.4 Å². The largest absolute Gasteiger partial charge is 0.356 e. The topological polar surface area (TPSA) is 29.3 Å². The number of hydrogen-bond acceptors (Lipinski definition) is 2. The Morgan fingerprint density at radius 3 is 3.00 bits per heavy atom. The Morgan fingerprint density at radius 1 is 1.31 bits per heavy atom. The van der Waals surface area contributed by atoms with E-state index in [0.29, 0.717) is 0 Å². The van der Waals surface area contributed by atoms with E-state index in [4.69, 9.17) is 5.73 Å². The monoisotopic (exact) mass is 174 g/mol. The SMILES string of the molecule is NC1CC2CCN1c1ccccc12. The molecule has 0 saturated carbocycles. The molecule has 68 valence electrons. The molecule has 4 rings (SSSR count). The number of rotatable bonds is 0. The fourth-order valence-corrected chi connectivity index (χ4v) is 2.67. The number of nitrogens with zero attached hydrogens (tertiary/aromatic N) is 1. The van der Waals surface area contributed by atoms with Crippen LogP contribution in [0.25, 0.3) is 0 Å². The molecule has 0 spiro atoms. The number of piperidine rings is 1. The van der Waals surface area contributed by atoms with Crippen molar-refractivity contribution in [2.24, 2.45) is 5.73 Å². The molecule has 1 aromatic rings. The summed E-state index contributed by atoms with van der Waals surface area (Å²) in [5.74, 6) is 0.719. The van der Waals surface area contributed by atoms with Crippen molar-refractivity contribution in [1.29, 1.82) is 0 Å². The minimum Gasteiger partial charge on any atom is -0.356 e. The Kier molecular flexibility index (Phi) is 1.41. The highest BCUT2D eigenvalue weighted by Gasteiger charge is 2.34. The van der Waals surface area contributed by atoms with Gasteiger partial charge in [0.15, 0.2) is 0 Å². The Hall–Kier alpha value is -1.02. The summed E-state index contributed by atoms with van der Waals surface area (Å²) in [5, 5.41) is 0. The van der Waals surface area contributed by atoms with Crippen LogP contribution in [0.1, 0.15) is 24.3 Å². The van der Waals surface area contributed by atoms with Crippen LogP contribution in [0.5, 0.6) is 0 Å². The van der Waals surface area contributed by atoms with Crippen molar-refractivity contribution in [3.8, 4) is 0 Å². The van der Waals surface area contributed by atoms with E-state index in [1.165, 1.54) is 17.7 Å². The third kappa shape index (κ3) is 0.923. The number of fused-ring (bicyclic) bond motifs is 2. The number of benzene rings is 1. The molecule has 0 aliphatic carbocycles. The molecule has 3 aliphatic rings. The van der Waals surface area contributed by atoms with Gasteiger partial charge in [-0.1, -0.05) is 18.2 Å². The lowest BCUT2D eigenvalue weighted by Crippen LogP contribution is -2.51. The van der Waals surface area contributed by atoms with Gasteiger partial charge < -0.3 is 10.6 Å². The van der Waals surface area contributed by atoms with Crippen molar-refractivity contribution in [1.82, 2.24) is 0 Å². The zero-order valence-electron chi connectivity index (χ0n) is 7.61. The second-order valence-corrected chi connectivity index (χ2v) is 4.04. The van der Waals surface area contributed by atoms with Crippen LogP contribution in [0.4, 0.5) is 5.69 Å². The average Bonchev–Trinajstić information content (AvgIpc) is 2.19. The number of para-hydroxylation sites is 1. The van der Waals surface area contributed by atoms with Crippen LogP contribution >= 0.6 is 0 Å². The van der Waals surface area contributed by atoms with Crippen molar-refractivity contribution in [2.75, 3.05) is 11.4 Å². The summed E-state index contributed by atoms with van der Waals surface area (Å²) in [6.45, 7) is 1.14. The van der Waals surface area contributed by atoms with Crippen molar-refractivity contribution in [3.05, 3.63) is 29.8 Å². The van der Waals surface area contributed by atoms with Crippen molar-refractivity contribution in [2.45, 2.75) is 24.9 Å². The van der Waals surface area contributed by atoms with Gasteiger partial charge in [-0.3, -0.25) is 0 Å². The standard InChI is InChI=1S/C11H14N2/c12-11-7-8-5-6-13(11)10-4-2-1-3-9(8)10/h1-4,8,11H,5-7,12H2. The first-order chi connectivity index (χ1) is 6.36. The Labute approximate surface area is 78.3 Å². The number of nitrogens with two attached hydrogens (primary N) is 1. The fraction of sp³-hybridized carbons (Fsp3) is 0.455. The van der Waals surface area contributed by atoms with Gasteiger partial charge in [0.1, 0.15) is 0 Å². The summed E-state index contributed by atoms with van der Waals surface area (Å²) >= 11 is 0. The molecule has 2 bridgehead atoms. The van der Waals surface area contributed by atoms with Gasteiger partial charge in [-0.25, -0.2) is 0 Å².